The van der Waals surface area contributed by atoms with E-state index < -0.39 is 11.8 Å². The quantitative estimate of drug-likeness (QED) is 0.868. The van der Waals surface area contributed by atoms with E-state index in [1.165, 1.54) is 17.0 Å². The molecule has 0 spiro atoms. The molecule has 0 bridgehead atoms. The summed E-state index contributed by atoms with van der Waals surface area (Å²) in [7, 11) is 0. The highest BCUT2D eigenvalue weighted by Crippen LogP contribution is 2.30. The lowest BCUT2D eigenvalue weighted by molar-refractivity contribution is -0.159. The highest BCUT2D eigenvalue weighted by atomic mass is 19.3. The van der Waals surface area contributed by atoms with Crippen molar-refractivity contribution >= 4 is 5.91 Å². The average Bonchev–Trinajstić information content (AvgIpc) is 2.39. The number of rotatable bonds is 2. The van der Waals surface area contributed by atoms with Crippen LogP contribution in [0.25, 0.3) is 0 Å². The van der Waals surface area contributed by atoms with Gasteiger partial charge in [0.15, 0.2) is 0 Å². The van der Waals surface area contributed by atoms with E-state index in [-0.39, 0.29) is 5.56 Å². The lowest BCUT2D eigenvalue weighted by Crippen LogP contribution is -2.51. The number of alkyl halides is 2. The van der Waals surface area contributed by atoms with E-state index in [1.807, 2.05) is 0 Å². The normalized spacial score (nSPS) is 16.7. The second kappa shape index (κ2) is 5.02. The minimum absolute atomic E-state index is 0.231. The summed E-state index contributed by atoms with van der Waals surface area (Å²) in [6.07, 6.45) is 0. The minimum Gasteiger partial charge on any atom is -0.335 e. The number of hydrogen-bond acceptors (Lipinski definition) is 2. The van der Waals surface area contributed by atoms with Crippen LogP contribution in [0.15, 0.2) is 24.3 Å². The summed E-state index contributed by atoms with van der Waals surface area (Å²) in [4.78, 5) is 13.1. The number of aryl methyl sites for hydroxylation is 1. The summed E-state index contributed by atoms with van der Waals surface area (Å²) in [6, 6.07) is 5.94. The van der Waals surface area contributed by atoms with Crippen molar-refractivity contribution in [3.63, 3.8) is 0 Å². The van der Waals surface area contributed by atoms with Crippen LogP contribution in [0.3, 0.4) is 0 Å². The molecule has 2 rings (SSSR count). The first-order chi connectivity index (χ1) is 8.51. The number of hydrogen-bond donors (Lipinski definition) is 1. The SMILES string of the molecule is Cc1cccc(C(F)(F)C(=O)N2CCNCC2)c1. The molecule has 0 aromatic heterocycles. The molecule has 1 saturated heterocycles. The van der Waals surface area contributed by atoms with Gasteiger partial charge in [-0.25, -0.2) is 0 Å². The van der Waals surface area contributed by atoms with Gasteiger partial charge in [-0.1, -0.05) is 23.8 Å². The summed E-state index contributed by atoms with van der Waals surface area (Å²) in [5.41, 5.74) is 0.492. The van der Waals surface area contributed by atoms with E-state index in [9.17, 15) is 13.6 Å². The number of piperazine rings is 1. The molecule has 1 fully saturated rings. The van der Waals surface area contributed by atoms with E-state index in [0.29, 0.717) is 26.2 Å². The molecule has 1 aliphatic heterocycles. The van der Waals surface area contributed by atoms with Gasteiger partial charge < -0.3 is 10.2 Å². The lowest BCUT2D eigenvalue weighted by Gasteiger charge is -2.30. The van der Waals surface area contributed by atoms with Crippen molar-refractivity contribution in [2.24, 2.45) is 0 Å². The van der Waals surface area contributed by atoms with E-state index in [0.717, 1.165) is 5.56 Å². The van der Waals surface area contributed by atoms with Crippen molar-refractivity contribution in [2.45, 2.75) is 12.8 Å². The summed E-state index contributed by atoms with van der Waals surface area (Å²) in [6.45, 7) is 3.53. The van der Waals surface area contributed by atoms with Crippen LogP contribution >= 0.6 is 0 Å². The van der Waals surface area contributed by atoms with Gasteiger partial charge in [0, 0.05) is 31.7 Å². The van der Waals surface area contributed by atoms with Crippen LogP contribution in [0.2, 0.25) is 0 Å². The van der Waals surface area contributed by atoms with Crippen molar-refractivity contribution in [1.82, 2.24) is 10.2 Å². The summed E-state index contributed by atoms with van der Waals surface area (Å²) in [5.74, 6) is -4.54. The maximum Gasteiger partial charge on any atom is 0.349 e. The van der Waals surface area contributed by atoms with Crippen LogP contribution in [0.5, 0.6) is 0 Å². The Bertz CT molecular complexity index is 442. The van der Waals surface area contributed by atoms with Crippen molar-refractivity contribution < 1.29 is 13.6 Å². The molecule has 1 amide bonds. The van der Waals surface area contributed by atoms with Crippen LogP contribution in [-0.2, 0) is 10.7 Å². The third-order valence-electron chi connectivity index (χ3n) is 3.05. The first-order valence-corrected chi connectivity index (χ1v) is 5.97. The Labute approximate surface area is 105 Å². The maximum atomic E-state index is 14.1. The number of nitrogens with zero attached hydrogens (tertiary/aromatic N) is 1. The molecule has 1 N–H and O–H groups in total. The molecule has 1 aromatic carbocycles. The minimum atomic E-state index is -3.44. The topological polar surface area (TPSA) is 32.3 Å². The zero-order valence-corrected chi connectivity index (χ0v) is 10.2. The van der Waals surface area contributed by atoms with Gasteiger partial charge in [0.05, 0.1) is 0 Å². The van der Waals surface area contributed by atoms with Crippen LogP contribution < -0.4 is 5.32 Å². The Morgan fingerprint density at radius 3 is 2.61 bits per heavy atom. The number of amides is 1. The summed E-state index contributed by atoms with van der Waals surface area (Å²) in [5, 5.41) is 3.03. The van der Waals surface area contributed by atoms with Crippen molar-refractivity contribution in [1.29, 1.82) is 0 Å². The number of nitrogens with one attached hydrogen (secondary N) is 1. The van der Waals surface area contributed by atoms with E-state index in [2.05, 4.69) is 5.32 Å². The first kappa shape index (κ1) is 13.0. The van der Waals surface area contributed by atoms with Crippen LogP contribution in [0, 0.1) is 6.92 Å². The van der Waals surface area contributed by atoms with Crippen molar-refractivity contribution in [3.8, 4) is 0 Å². The molecular formula is C13H16F2N2O. The lowest BCUT2D eigenvalue weighted by atomic mass is 10.0. The Balaban J connectivity index is 2.21. The Hall–Kier alpha value is -1.49. The zero-order chi connectivity index (χ0) is 13.2. The summed E-state index contributed by atoms with van der Waals surface area (Å²) < 4.78 is 28.2. The molecular weight excluding hydrogens is 238 g/mol. The maximum absolute atomic E-state index is 14.1. The molecule has 0 saturated carbocycles. The molecule has 3 nitrogen and oxygen atoms in total. The van der Waals surface area contributed by atoms with Gasteiger partial charge in [-0.2, -0.15) is 8.78 Å². The third kappa shape index (κ3) is 2.51. The van der Waals surface area contributed by atoms with E-state index >= 15 is 0 Å². The fourth-order valence-corrected chi connectivity index (χ4v) is 2.03. The molecule has 0 aliphatic carbocycles. The number of carbonyl (C=O) groups excluding carboxylic acids is 1. The molecule has 0 radical (unpaired) electrons. The van der Waals surface area contributed by atoms with Gasteiger partial charge >= 0.3 is 5.92 Å². The largest absolute Gasteiger partial charge is 0.349 e. The second-order valence-corrected chi connectivity index (χ2v) is 4.49. The van der Waals surface area contributed by atoms with Gasteiger partial charge in [-0.15, -0.1) is 0 Å². The molecule has 1 aliphatic rings. The first-order valence-electron chi connectivity index (χ1n) is 5.97. The van der Waals surface area contributed by atoms with Crippen LogP contribution in [0.4, 0.5) is 8.78 Å². The van der Waals surface area contributed by atoms with E-state index in [4.69, 9.17) is 0 Å². The van der Waals surface area contributed by atoms with Crippen molar-refractivity contribution in [3.05, 3.63) is 35.4 Å². The highest BCUT2D eigenvalue weighted by Gasteiger charge is 2.44. The standard InChI is InChI=1S/C13H16F2N2O/c1-10-3-2-4-11(9-10)13(14,15)12(18)17-7-5-16-6-8-17/h2-4,9,16H,5-8H2,1H3. The predicted octanol–water partition coefficient (Wildman–Crippen LogP) is 1.52. The van der Waals surface area contributed by atoms with Gasteiger partial charge in [-0.3, -0.25) is 4.79 Å². The Kier molecular flexibility index (Phi) is 3.61. The monoisotopic (exact) mass is 254 g/mol. The van der Waals surface area contributed by atoms with Gasteiger partial charge in [0.25, 0.3) is 5.91 Å². The second-order valence-electron chi connectivity index (χ2n) is 4.49. The van der Waals surface area contributed by atoms with Crippen LogP contribution in [-0.4, -0.2) is 37.0 Å². The predicted molar refractivity (Wildman–Crippen MR) is 64.5 cm³/mol. The van der Waals surface area contributed by atoms with Gasteiger partial charge in [0.2, 0.25) is 0 Å². The Morgan fingerprint density at radius 1 is 1.33 bits per heavy atom. The highest BCUT2D eigenvalue weighted by molar-refractivity contribution is 5.85. The molecule has 98 valence electrons. The number of halogens is 2. The summed E-state index contributed by atoms with van der Waals surface area (Å²) >= 11 is 0. The van der Waals surface area contributed by atoms with Crippen LogP contribution in [0.1, 0.15) is 11.1 Å². The fourth-order valence-electron chi connectivity index (χ4n) is 2.03. The van der Waals surface area contributed by atoms with Gasteiger partial charge in [-0.05, 0) is 13.0 Å². The molecule has 0 unspecified atom stereocenters. The zero-order valence-electron chi connectivity index (χ0n) is 10.2. The smallest absolute Gasteiger partial charge is 0.335 e. The fraction of sp³-hybridized carbons (Fsp3) is 0.462. The molecule has 1 aromatic rings. The molecule has 18 heavy (non-hydrogen) atoms. The van der Waals surface area contributed by atoms with Crippen molar-refractivity contribution in [2.75, 3.05) is 26.2 Å². The molecule has 0 atom stereocenters. The third-order valence-corrected chi connectivity index (χ3v) is 3.05. The number of benzene rings is 1. The Morgan fingerprint density at radius 2 is 2.00 bits per heavy atom. The number of carbonyl (C=O) groups is 1. The average molecular weight is 254 g/mol. The van der Waals surface area contributed by atoms with E-state index in [1.54, 1.807) is 19.1 Å². The molecule has 1 heterocycles. The van der Waals surface area contributed by atoms with Gasteiger partial charge in [0.1, 0.15) is 0 Å². The molecule has 5 heteroatoms.